The Morgan fingerprint density at radius 1 is 0.950 bits per heavy atom. The van der Waals surface area contributed by atoms with Gasteiger partial charge in [-0.15, -0.1) is 0 Å². The maximum Gasteiger partial charge on any atom is -0.00134 e. The normalized spacial score (nSPS) is 15.7. The molecular weight excluding hydrogens is 240 g/mol. The van der Waals surface area contributed by atoms with Crippen LogP contribution in [0.2, 0.25) is 0 Å². The van der Waals surface area contributed by atoms with Crippen molar-refractivity contribution >= 4 is 5.57 Å². The van der Waals surface area contributed by atoms with Crippen molar-refractivity contribution in [2.24, 2.45) is 0 Å². The van der Waals surface area contributed by atoms with E-state index in [1.165, 1.54) is 39.0 Å². The first-order chi connectivity index (χ1) is 9.86. The molecule has 0 saturated carbocycles. The standard InChI is InChI=1S/C20H18/c1-2-14-7-5-9-18(14)17-11-10-16-12-15-6-3-4-8-19(15)20(16)13-17/h3-8,10-11,13H,2,9,12H2,1H3. The third kappa shape index (κ3) is 1.68. The highest BCUT2D eigenvalue weighted by Crippen LogP contribution is 2.39. The molecule has 0 heterocycles. The summed E-state index contributed by atoms with van der Waals surface area (Å²) in [6, 6.07) is 15.8. The van der Waals surface area contributed by atoms with Gasteiger partial charge in [0.1, 0.15) is 0 Å². The zero-order chi connectivity index (χ0) is 13.5. The zero-order valence-electron chi connectivity index (χ0n) is 11.8. The van der Waals surface area contributed by atoms with Crippen LogP contribution in [0.25, 0.3) is 16.7 Å². The van der Waals surface area contributed by atoms with Crippen molar-refractivity contribution in [1.82, 2.24) is 0 Å². The fraction of sp³-hybridized carbons (Fsp3) is 0.200. The van der Waals surface area contributed by atoms with Crippen LogP contribution in [-0.4, -0.2) is 0 Å². The molecule has 2 aromatic rings. The zero-order valence-corrected chi connectivity index (χ0v) is 11.8. The van der Waals surface area contributed by atoms with Gasteiger partial charge in [0.2, 0.25) is 0 Å². The lowest BCUT2D eigenvalue weighted by atomic mass is 9.95. The highest BCUT2D eigenvalue weighted by molar-refractivity contribution is 5.82. The number of rotatable bonds is 2. The predicted molar refractivity (Wildman–Crippen MR) is 85.7 cm³/mol. The largest absolute Gasteiger partial charge is 0.0798 e. The van der Waals surface area contributed by atoms with Crippen LogP contribution in [0.4, 0.5) is 0 Å². The van der Waals surface area contributed by atoms with Gasteiger partial charge in [-0.25, -0.2) is 0 Å². The van der Waals surface area contributed by atoms with E-state index in [1.807, 2.05) is 0 Å². The summed E-state index contributed by atoms with van der Waals surface area (Å²) in [6.07, 6.45) is 7.87. The number of hydrogen-bond donors (Lipinski definition) is 0. The van der Waals surface area contributed by atoms with Crippen molar-refractivity contribution in [3.8, 4) is 11.1 Å². The third-order valence-electron chi connectivity index (χ3n) is 4.56. The molecule has 0 nitrogen and oxygen atoms in total. The van der Waals surface area contributed by atoms with Gasteiger partial charge in [0.25, 0.3) is 0 Å². The van der Waals surface area contributed by atoms with Gasteiger partial charge in [-0.3, -0.25) is 0 Å². The van der Waals surface area contributed by atoms with E-state index in [0.717, 1.165) is 19.3 Å². The van der Waals surface area contributed by atoms with Gasteiger partial charge in [-0.2, -0.15) is 0 Å². The summed E-state index contributed by atoms with van der Waals surface area (Å²) in [6.45, 7) is 2.24. The first-order valence-corrected chi connectivity index (χ1v) is 7.47. The fourth-order valence-corrected chi connectivity index (χ4v) is 3.50. The quantitative estimate of drug-likeness (QED) is 0.578. The number of benzene rings is 2. The Kier molecular flexibility index (Phi) is 2.63. The van der Waals surface area contributed by atoms with Crippen molar-refractivity contribution in [2.45, 2.75) is 26.2 Å². The van der Waals surface area contributed by atoms with Crippen LogP contribution >= 0.6 is 0 Å². The summed E-state index contributed by atoms with van der Waals surface area (Å²) in [7, 11) is 0. The Morgan fingerprint density at radius 2 is 1.80 bits per heavy atom. The Morgan fingerprint density at radius 3 is 2.70 bits per heavy atom. The summed E-state index contributed by atoms with van der Waals surface area (Å²) in [5, 5.41) is 0. The van der Waals surface area contributed by atoms with Crippen LogP contribution in [0.5, 0.6) is 0 Å². The molecule has 0 aliphatic heterocycles. The van der Waals surface area contributed by atoms with Gasteiger partial charge >= 0.3 is 0 Å². The first kappa shape index (κ1) is 11.7. The molecule has 2 aliphatic carbocycles. The van der Waals surface area contributed by atoms with Crippen molar-refractivity contribution in [3.05, 3.63) is 76.9 Å². The van der Waals surface area contributed by atoms with E-state index in [9.17, 15) is 0 Å². The van der Waals surface area contributed by atoms with Crippen LogP contribution in [0, 0.1) is 0 Å². The van der Waals surface area contributed by atoms with E-state index in [4.69, 9.17) is 0 Å². The third-order valence-corrected chi connectivity index (χ3v) is 4.56. The van der Waals surface area contributed by atoms with E-state index in [-0.39, 0.29) is 0 Å². The second kappa shape index (κ2) is 4.49. The van der Waals surface area contributed by atoms with E-state index in [0.29, 0.717) is 0 Å². The lowest BCUT2D eigenvalue weighted by Crippen LogP contribution is -1.88. The SMILES string of the molecule is CCC1=C(c2ccc3c(c2)-c2ccccc2C3)CC=C1. The molecule has 2 aliphatic rings. The minimum absolute atomic E-state index is 1.09. The second-order valence-electron chi connectivity index (χ2n) is 5.67. The van der Waals surface area contributed by atoms with Crippen LogP contribution in [0.1, 0.15) is 36.5 Å². The molecule has 0 amide bonds. The second-order valence-corrected chi connectivity index (χ2v) is 5.67. The van der Waals surface area contributed by atoms with Gasteiger partial charge in [0, 0.05) is 0 Å². The van der Waals surface area contributed by atoms with Gasteiger partial charge in [0.05, 0.1) is 0 Å². The average molecular weight is 258 g/mol. The topological polar surface area (TPSA) is 0 Å². The minimum atomic E-state index is 1.09. The van der Waals surface area contributed by atoms with Crippen molar-refractivity contribution < 1.29 is 0 Å². The van der Waals surface area contributed by atoms with Gasteiger partial charge < -0.3 is 0 Å². The van der Waals surface area contributed by atoms with Crippen LogP contribution < -0.4 is 0 Å². The van der Waals surface area contributed by atoms with Crippen LogP contribution in [-0.2, 0) is 6.42 Å². The first-order valence-electron chi connectivity index (χ1n) is 7.47. The molecule has 0 atom stereocenters. The number of fused-ring (bicyclic) bond motifs is 3. The van der Waals surface area contributed by atoms with E-state index in [1.54, 1.807) is 0 Å². The van der Waals surface area contributed by atoms with Gasteiger partial charge in [0.15, 0.2) is 0 Å². The van der Waals surface area contributed by atoms with E-state index >= 15 is 0 Å². The van der Waals surface area contributed by atoms with E-state index in [2.05, 4.69) is 61.5 Å². The van der Waals surface area contributed by atoms with E-state index < -0.39 is 0 Å². The van der Waals surface area contributed by atoms with Crippen LogP contribution in [0.3, 0.4) is 0 Å². The smallest absolute Gasteiger partial charge is 0.00134 e. The maximum atomic E-state index is 2.40. The lowest BCUT2D eigenvalue weighted by molar-refractivity contribution is 1.16. The Bertz CT molecular complexity index is 744. The average Bonchev–Trinajstić information content (AvgIpc) is 3.10. The van der Waals surface area contributed by atoms with Crippen LogP contribution in [0.15, 0.2) is 60.2 Å². The van der Waals surface area contributed by atoms with Gasteiger partial charge in [-0.1, -0.05) is 55.5 Å². The summed E-state index contributed by atoms with van der Waals surface area (Å²) in [4.78, 5) is 0. The molecule has 0 radical (unpaired) electrons. The molecular formula is C20H18. The number of allylic oxidation sites excluding steroid dienone is 4. The monoisotopic (exact) mass is 258 g/mol. The Labute approximate surface area is 120 Å². The molecule has 0 heteroatoms. The maximum absolute atomic E-state index is 2.40. The molecule has 0 N–H and O–H groups in total. The predicted octanol–water partition coefficient (Wildman–Crippen LogP) is 5.38. The molecule has 0 saturated heterocycles. The fourth-order valence-electron chi connectivity index (χ4n) is 3.50. The summed E-state index contributed by atoms with van der Waals surface area (Å²) in [5.74, 6) is 0. The van der Waals surface area contributed by atoms with Crippen molar-refractivity contribution in [3.63, 3.8) is 0 Å². The van der Waals surface area contributed by atoms with Crippen molar-refractivity contribution in [1.29, 1.82) is 0 Å². The summed E-state index contributed by atoms with van der Waals surface area (Å²) >= 11 is 0. The van der Waals surface area contributed by atoms with Gasteiger partial charge in [-0.05, 0) is 64.3 Å². The molecule has 2 aromatic carbocycles. The molecule has 20 heavy (non-hydrogen) atoms. The Balaban J connectivity index is 1.85. The van der Waals surface area contributed by atoms with Crippen molar-refractivity contribution in [2.75, 3.05) is 0 Å². The number of hydrogen-bond acceptors (Lipinski definition) is 0. The summed E-state index contributed by atoms with van der Waals surface area (Å²) in [5.41, 5.74) is 10.2. The molecule has 0 spiro atoms. The Hall–Kier alpha value is -2.08. The molecule has 0 bridgehead atoms. The highest BCUT2D eigenvalue weighted by Gasteiger charge is 2.19. The lowest BCUT2D eigenvalue weighted by Gasteiger charge is -2.09. The highest BCUT2D eigenvalue weighted by atomic mass is 14.2. The summed E-state index contributed by atoms with van der Waals surface area (Å²) < 4.78 is 0. The molecule has 0 fully saturated rings. The minimum Gasteiger partial charge on any atom is -0.0798 e. The molecule has 4 rings (SSSR count). The molecule has 0 unspecified atom stereocenters. The molecule has 98 valence electrons. The molecule has 0 aromatic heterocycles.